The summed E-state index contributed by atoms with van der Waals surface area (Å²) in [4.78, 5) is 16.7. The predicted molar refractivity (Wildman–Crippen MR) is 99.5 cm³/mol. The highest BCUT2D eigenvalue weighted by Crippen LogP contribution is 2.26. The van der Waals surface area contributed by atoms with E-state index in [9.17, 15) is 4.79 Å². The van der Waals surface area contributed by atoms with E-state index in [-0.39, 0.29) is 18.3 Å². The number of carbonyl (C=O) groups excluding carboxylic acids is 1. The van der Waals surface area contributed by atoms with Crippen molar-refractivity contribution in [3.63, 3.8) is 0 Å². The lowest BCUT2D eigenvalue weighted by atomic mass is 10.1. The molecule has 4 aromatic rings. The van der Waals surface area contributed by atoms with Gasteiger partial charge in [0.25, 0.3) is 5.89 Å². The number of furan rings is 1. The third kappa shape index (κ3) is 3.64. The van der Waals surface area contributed by atoms with E-state index in [2.05, 4.69) is 10.1 Å². The molecule has 0 radical (unpaired) electrons. The number of aromatic nitrogens is 2. The number of nitrogens with zero attached hydrogens (tertiary/aromatic N) is 2. The molecule has 0 saturated carbocycles. The van der Waals surface area contributed by atoms with Crippen molar-refractivity contribution >= 4 is 5.97 Å². The smallest absolute Gasteiger partial charge is 0.375 e. The van der Waals surface area contributed by atoms with Crippen molar-refractivity contribution in [2.24, 2.45) is 0 Å². The number of methoxy groups -OCH3 is 1. The largest absolute Gasteiger partial charge is 0.497 e. The summed E-state index contributed by atoms with van der Waals surface area (Å²) in [5, 5.41) is 3.91. The van der Waals surface area contributed by atoms with Gasteiger partial charge in [-0.1, -0.05) is 47.6 Å². The summed E-state index contributed by atoms with van der Waals surface area (Å²) in [6, 6.07) is 18.4. The number of hydrogen-bond acceptors (Lipinski definition) is 7. The van der Waals surface area contributed by atoms with Gasteiger partial charge >= 0.3 is 5.97 Å². The van der Waals surface area contributed by atoms with Crippen LogP contribution in [0.5, 0.6) is 5.75 Å². The first-order valence-corrected chi connectivity index (χ1v) is 8.51. The molecule has 140 valence electrons. The van der Waals surface area contributed by atoms with Crippen LogP contribution in [0.4, 0.5) is 0 Å². The topological polar surface area (TPSA) is 87.6 Å². The van der Waals surface area contributed by atoms with Crippen LogP contribution in [-0.2, 0) is 11.3 Å². The van der Waals surface area contributed by atoms with Crippen LogP contribution in [0.15, 0.2) is 75.9 Å². The first-order chi connectivity index (χ1) is 13.7. The minimum atomic E-state index is -0.606. The fourth-order valence-corrected chi connectivity index (χ4v) is 2.70. The summed E-state index contributed by atoms with van der Waals surface area (Å²) < 4.78 is 20.9. The van der Waals surface area contributed by atoms with Crippen LogP contribution in [-0.4, -0.2) is 23.2 Å². The van der Waals surface area contributed by atoms with Crippen molar-refractivity contribution in [2.45, 2.75) is 6.61 Å². The SMILES string of the molecule is COc1cccc(-c2noc(COC(=O)c3occc3-c3ccccc3)n2)c1. The summed E-state index contributed by atoms with van der Waals surface area (Å²) >= 11 is 0. The van der Waals surface area contributed by atoms with Crippen LogP contribution >= 0.6 is 0 Å². The van der Waals surface area contributed by atoms with Gasteiger partial charge in [0.1, 0.15) is 5.75 Å². The maximum atomic E-state index is 12.4. The van der Waals surface area contributed by atoms with E-state index in [0.717, 1.165) is 11.1 Å². The number of rotatable bonds is 6. The standard InChI is InChI=1S/C21H16N2O5/c1-25-16-9-5-8-15(12-16)20-22-18(28-23-20)13-27-21(24)19-17(10-11-26-19)14-6-3-2-4-7-14/h2-12H,13H2,1H3. The van der Waals surface area contributed by atoms with Crippen molar-refractivity contribution < 1.29 is 23.2 Å². The molecule has 2 aromatic heterocycles. The Morgan fingerprint density at radius 1 is 1.04 bits per heavy atom. The zero-order valence-electron chi connectivity index (χ0n) is 15.0. The minimum absolute atomic E-state index is 0.124. The number of carbonyl (C=O) groups is 1. The van der Waals surface area contributed by atoms with E-state index in [1.54, 1.807) is 19.2 Å². The fourth-order valence-electron chi connectivity index (χ4n) is 2.70. The molecule has 2 heterocycles. The second-order valence-corrected chi connectivity index (χ2v) is 5.85. The molecule has 0 aliphatic rings. The van der Waals surface area contributed by atoms with E-state index in [0.29, 0.717) is 17.1 Å². The molecular formula is C21H16N2O5. The Bertz CT molecular complexity index is 1080. The van der Waals surface area contributed by atoms with Gasteiger partial charge in [-0.15, -0.1) is 0 Å². The van der Waals surface area contributed by atoms with Gasteiger partial charge in [0.05, 0.1) is 13.4 Å². The maximum absolute atomic E-state index is 12.4. The van der Waals surface area contributed by atoms with Crippen LogP contribution in [0, 0.1) is 0 Å². The van der Waals surface area contributed by atoms with Crippen LogP contribution in [0.2, 0.25) is 0 Å². The lowest BCUT2D eigenvalue weighted by Crippen LogP contribution is -2.05. The molecular weight excluding hydrogens is 360 g/mol. The third-order valence-corrected chi connectivity index (χ3v) is 4.06. The van der Waals surface area contributed by atoms with Crippen LogP contribution in [0.25, 0.3) is 22.5 Å². The van der Waals surface area contributed by atoms with E-state index >= 15 is 0 Å². The fraction of sp³-hybridized carbons (Fsp3) is 0.0952. The lowest BCUT2D eigenvalue weighted by molar-refractivity contribution is 0.0395. The van der Waals surface area contributed by atoms with E-state index in [1.165, 1.54) is 6.26 Å². The molecule has 0 spiro atoms. The quantitative estimate of drug-likeness (QED) is 0.462. The molecule has 0 aliphatic heterocycles. The predicted octanol–water partition coefficient (Wildman–Crippen LogP) is 4.36. The molecule has 0 N–H and O–H groups in total. The normalized spacial score (nSPS) is 10.6. The van der Waals surface area contributed by atoms with E-state index in [1.807, 2.05) is 48.5 Å². The Hall–Kier alpha value is -3.87. The Kier molecular flexibility index (Phi) is 4.88. The third-order valence-electron chi connectivity index (χ3n) is 4.06. The average Bonchev–Trinajstić information content (AvgIpc) is 3.42. The molecule has 0 atom stereocenters. The first kappa shape index (κ1) is 17.5. The summed E-state index contributed by atoms with van der Waals surface area (Å²) in [5.74, 6) is 0.761. The number of esters is 1. The van der Waals surface area contributed by atoms with Crippen LogP contribution in [0.1, 0.15) is 16.4 Å². The zero-order valence-corrected chi connectivity index (χ0v) is 15.0. The Morgan fingerprint density at radius 3 is 2.68 bits per heavy atom. The summed E-state index contributed by atoms with van der Waals surface area (Å²) in [6.07, 6.45) is 1.45. The van der Waals surface area contributed by atoms with Crippen molar-refractivity contribution in [1.29, 1.82) is 0 Å². The number of hydrogen-bond donors (Lipinski definition) is 0. The Morgan fingerprint density at radius 2 is 1.86 bits per heavy atom. The molecule has 4 rings (SSSR count). The summed E-state index contributed by atoms with van der Waals surface area (Å²) in [5.41, 5.74) is 2.26. The molecule has 2 aromatic carbocycles. The number of ether oxygens (including phenoxy) is 2. The first-order valence-electron chi connectivity index (χ1n) is 8.51. The van der Waals surface area contributed by atoms with Crippen molar-refractivity contribution in [1.82, 2.24) is 10.1 Å². The van der Waals surface area contributed by atoms with Crippen molar-refractivity contribution in [3.8, 4) is 28.3 Å². The summed E-state index contributed by atoms with van der Waals surface area (Å²) in [7, 11) is 1.58. The Balaban J connectivity index is 1.45. The van der Waals surface area contributed by atoms with Gasteiger partial charge in [-0.2, -0.15) is 4.98 Å². The molecule has 0 amide bonds. The lowest BCUT2D eigenvalue weighted by Gasteiger charge is -2.03. The van der Waals surface area contributed by atoms with Crippen molar-refractivity contribution in [2.75, 3.05) is 7.11 Å². The van der Waals surface area contributed by atoms with Crippen LogP contribution in [0.3, 0.4) is 0 Å². The van der Waals surface area contributed by atoms with Gasteiger partial charge in [-0.25, -0.2) is 4.79 Å². The highest BCUT2D eigenvalue weighted by molar-refractivity contribution is 5.94. The van der Waals surface area contributed by atoms with Gasteiger partial charge in [-0.05, 0) is 23.8 Å². The van der Waals surface area contributed by atoms with Gasteiger partial charge < -0.3 is 18.4 Å². The molecule has 28 heavy (non-hydrogen) atoms. The number of benzene rings is 2. The molecule has 7 nitrogen and oxygen atoms in total. The van der Waals surface area contributed by atoms with Crippen molar-refractivity contribution in [3.05, 3.63) is 78.6 Å². The van der Waals surface area contributed by atoms with Crippen LogP contribution < -0.4 is 4.74 Å². The minimum Gasteiger partial charge on any atom is -0.497 e. The molecule has 0 unspecified atom stereocenters. The van der Waals surface area contributed by atoms with Gasteiger partial charge in [0.2, 0.25) is 11.6 Å². The summed E-state index contributed by atoms with van der Waals surface area (Å²) in [6.45, 7) is -0.162. The van der Waals surface area contributed by atoms with E-state index in [4.69, 9.17) is 18.4 Å². The zero-order chi connectivity index (χ0) is 19.3. The second kappa shape index (κ2) is 7.79. The maximum Gasteiger partial charge on any atom is 0.375 e. The second-order valence-electron chi connectivity index (χ2n) is 5.85. The molecule has 0 fully saturated rings. The molecule has 0 bridgehead atoms. The Labute approximate surface area is 160 Å². The highest BCUT2D eigenvalue weighted by Gasteiger charge is 2.19. The van der Waals surface area contributed by atoms with Gasteiger partial charge in [0.15, 0.2) is 6.61 Å². The average molecular weight is 376 g/mol. The molecule has 0 aliphatic carbocycles. The van der Waals surface area contributed by atoms with Gasteiger partial charge in [-0.3, -0.25) is 0 Å². The molecule has 0 saturated heterocycles. The van der Waals surface area contributed by atoms with Gasteiger partial charge in [0, 0.05) is 11.1 Å². The molecule has 7 heteroatoms. The monoisotopic (exact) mass is 376 g/mol. The van der Waals surface area contributed by atoms with E-state index < -0.39 is 5.97 Å². The highest BCUT2D eigenvalue weighted by atomic mass is 16.6.